The number of aliphatic hydroxyl groups excluding tert-OH is 1. The summed E-state index contributed by atoms with van der Waals surface area (Å²) >= 11 is 0. The zero-order valence-corrected chi connectivity index (χ0v) is 11.1. The molecule has 1 aromatic rings. The van der Waals surface area contributed by atoms with Gasteiger partial charge in [0.25, 0.3) is 0 Å². The Labute approximate surface area is 110 Å². The normalized spacial score (nSPS) is 19.7. The first-order chi connectivity index (χ1) is 9.08. The van der Waals surface area contributed by atoms with Gasteiger partial charge in [-0.3, -0.25) is 10.1 Å². The first kappa shape index (κ1) is 13.8. The number of morpholine rings is 1. The lowest BCUT2D eigenvalue weighted by Gasteiger charge is -2.33. The fraction of sp³-hybridized carbons (Fsp3) is 0.727. The fourth-order valence-electron chi connectivity index (χ4n) is 2.33. The van der Waals surface area contributed by atoms with Gasteiger partial charge in [0.15, 0.2) is 0 Å². The molecule has 0 aliphatic carbocycles. The third-order valence-corrected chi connectivity index (χ3v) is 3.19. The average molecular weight is 270 g/mol. The minimum Gasteiger partial charge on any atom is -0.394 e. The predicted molar refractivity (Wildman–Crippen MR) is 68.3 cm³/mol. The summed E-state index contributed by atoms with van der Waals surface area (Å²) in [7, 11) is 0. The number of aliphatic hydroxyl groups is 1. The van der Waals surface area contributed by atoms with Crippen molar-refractivity contribution in [3.63, 3.8) is 0 Å². The number of nitro groups is 1. The van der Waals surface area contributed by atoms with E-state index in [1.54, 1.807) is 11.6 Å². The molecule has 19 heavy (non-hydrogen) atoms. The van der Waals surface area contributed by atoms with E-state index in [2.05, 4.69) is 5.10 Å². The van der Waals surface area contributed by atoms with Crippen molar-refractivity contribution < 1.29 is 14.8 Å². The second-order valence-corrected chi connectivity index (χ2v) is 4.45. The average Bonchev–Trinajstić information content (AvgIpc) is 2.75. The third-order valence-electron chi connectivity index (χ3n) is 3.19. The number of ether oxygens (including phenoxy) is 1. The van der Waals surface area contributed by atoms with Crippen molar-refractivity contribution in [3.05, 3.63) is 15.8 Å². The van der Waals surface area contributed by atoms with Gasteiger partial charge in [-0.2, -0.15) is 5.10 Å². The van der Waals surface area contributed by atoms with Crippen molar-refractivity contribution in [2.75, 3.05) is 31.2 Å². The molecule has 1 fully saturated rings. The van der Waals surface area contributed by atoms with Gasteiger partial charge in [-0.05, 0) is 13.8 Å². The molecule has 8 heteroatoms. The number of anilines is 1. The second-order valence-electron chi connectivity index (χ2n) is 4.45. The molecule has 106 valence electrons. The summed E-state index contributed by atoms with van der Waals surface area (Å²) in [5, 5.41) is 24.6. The van der Waals surface area contributed by atoms with Crippen LogP contribution in [0.1, 0.15) is 12.6 Å². The van der Waals surface area contributed by atoms with Crippen molar-refractivity contribution >= 4 is 11.5 Å². The Morgan fingerprint density at radius 2 is 2.37 bits per heavy atom. The first-order valence-electron chi connectivity index (χ1n) is 6.27. The van der Waals surface area contributed by atoms with Gasteiger partial charge < -0.3 is 14.7 Å². The number of rotatable bonds is 4. The molecule has 1 aromatic heterocycles. The highest BCUT2D eigenvalue weighted by molar-refractivity contribution is 5.61. The van der Waals surface area contributed by atoms with E-state index >= 15 is 0 Å². The maximum Gasteiger partial charge on any atom is 0.333 e. The van der Waals surface area contributed by atoms with E-state index in [9.17, 15) is 10.1 Å². The van der Waals surface area contributed by atoms with Crippen molar-refractivity contribution in [2.24, 2.45) is 0 Å². The summed E-state index contributed by atoms with van der Waals surface area (Å²) in [5.74, 6) is 0.506. The van der Waals surface area contributed by atoms with Gasteiger partial charge in [0.2, 0.25) is 5.82 Å². The van der Waals surface area contributed by atoms with Crippen LogP contribution in [0, 0.1) is 17.0 Å². The molecule has 1 atom stereocenters. The number of hydrogen-bond donors (Lipinski definition) is 1. The smallest absolute Gasteiger partial charge is 0.333 e. The highest BCUT2D eigenvalue weighted by Gasteiger charge is 2.32. The maximum atomic E-state index is 11.2. The molecule has 0 amide bonds. The second kappa shape index (κ2) is 5.54. The van der Waals surface area contributed by atoms with Crippen LogP contribution in [-0.4, -0.2) is 52.2 Å². The molecule has 1 saturated heterocycles. The summed E-state index contributed by atoms with van der Waals surface area (Å²) < 4.78 is 7.00. The third kappa shape index (κ3) is 2.54. The molecule has 1 unspecified atom stereocenters. The van der Waals surface area contributed by atoms with Crippen LogP contribution in [0.5, 0.6) is 0 Å². The Bertz CT molecular complexity index is 474. The van der Waals surface area contributed by atoms with Crippen molar-refractivity contribution in [1.82, 2.24) is 9.78 Å². The van der Waals surface area contributed by atoms with Gasteiger partial charge >= 0.3 is 5.69 Å². The van der Waals surface area contributed by atoms with Gasteiger partial charge in [-0.1, -0.05) is 0 Å². The van der Waals surface area contributed by atoms with Crippen molar-refractivity contribution in [3.8, 4) is 0 Å². The standard InChI is InChI=1S/C11H18N4O4/c1-3-14-11(10(15(17)18)8(2)12-14)13-4-5-19-9(6-13)7-16/h9,16H,3-7H2,1-2H3. The highest BCUT2D eigenvalue weighted by Crippen LogP contribution is 2.32. The lowest BCUT2D eigenvalue weighted by molar-refractivity contribution is -0.384. The largest absolute Gasteiger partial charge is 0.394 e. The fourth-order valence-corrected chi connectivity index (χ4v) is 2.33. The van der Waals surface area contributed by atoms with E-state index in [1.165, 1.54) is 0 Å². The zero-order valence-electron chi connectivity index (χ0n) is 11.1. The Balaban J connectivity index is 2.39. The Morgan fingerprint density at radius 3 is 2.95 bits per heavy atom. The minimum absolute atomic E-state index is 0.0421. The van der Waals surface area contributed by atoms with Gasteiger partial charge in [0.05, 0.1) is 24.2 Å². The first-order valence-corrected chi connectivity index (χ1v) is 6.27. The Hall–Kier alpha value is -1.67. The molecule has 0 aromatic carbocycles. The molecule has 0 spiro atoms. The number of nitrogens with zero attached hydrogens (tertiary/aromatic N) is 4. The van der Waals surface area contributed by atoms with Crippen LogP contribution in [-0.2, 0) is 11.3 Å². The molecule has 8 nitrogen and oxygen atoms in total. The lowest BCUT2D eigenvalue weighted by Crippen LogP contribution is -2.45. The molecular formula is C11H18N4O4. The summed E-state index contributed by atoms with van der Waals surface area (Å²) in [6, 6.07) is 0. The van der Waals surface area contributed by atoms with Gasteiger partial charge in [-0.25, -0.2) is 4.68 Å². The highest BCUT2D eigenvalue weighted by atomic mass is 16.6. The van der Waals surface area contributed by atoms with Crippen LogP contribution >= 0.6 is 0 Å². The number of hydrogen-bond acceptors (Lipinski definition) is 6. The number of aromatic nitrogens is 2. The molecule has 0 saturated carbocycles. The topological polar surface area (TPSA) is 93.7 Å². The van der Waals surface area contributed by atoms with Crippen LogP contribution in [0.2, 0.25) is 0 Å². The van der Waals surface area contributed by atoms with Crippen molar-refractivity contribution in [2.45, 2.75) is 26.5 Å². The molecule has 2 rings (SSSR count). The summed E-state index contributed by atoms with van der Waals surface area (Å²) in [6.45, 7) is 5.43. The quantitative estimate of drug-likeness (QED) is 0.625. The molecule has 0 radical (unpaired) electrons. The minimum atomic E-state index is -0.396. The van der Waals surface area contributed by atoms with Gasteiger partial charge in [0.1, 0.15) is 5.69 Å². The van der Waals surface area contributed by atoms with Gasteiger partial charge in [0, 0.05) is 19.6 Å². The summed E-state index contributed by atoms with van der Waals surface area (Å²) in [4.78, 5) is 12.7. The van der Waals surface area contributed by atoms with Crippen LogP contribution in [0.25, 0.3) is 0 Å². The zero-order chi connectivity index (χ0) is 14.0. The van der Waals surface area contributed by atoms with E-state index < -0.39 is 4.92 Å². The van der Waals surface area contributed by atoms with Crippen LogP contribution in [0.4, 0.5) is 11.5 Å². The lowest BCUT2D eigenvalue weighted by atomic mass is 10.2. The van der Waals surface area contributed by atoms with Gasteiger partial charge in [-0.15, -0.1) is 0 Å². The van der Waals surface area contributed by atoms with Crippen LogP contribution < -0.4 is 4.90 Å². The molecule has 0 bridgehead atoms. The maximum absolute atomic E-state index is 11.2. The van der Waals surface area contributed by atoms with E-state index in [0.717, 1.165) is 0 Å². The van der Waals surface area contributed by atoms with Crippen LogP contribution in [0.15, 0.2) is 0 Å². The predicted octanol–water partition coefficient (Wildman–Crippen LogP) is 0.317. The van der Waals surface area contributed by atoms with E-state index in [0.29, 0.717) is 37.8 Å². The monoisotopic (exact) mass is 270 g/mol. The summed E-state index contributed by atoms with van der Waals surface area (Å²) in [5.41, 5.74) is 0.453. The molecular weight excluding hydrogens is 252 g/mol. The molecule has 1 aliphatic rings. The van der Waals surface area contributed by atoms with E-state index in [1.807, 2.05) is 11.8 Å². The molecule has 1 aliphatic heterocycles. The number of aryl methyl sites for hydroxylation is 2. The Kier molecular flexibility index (Phi) is 4.01. The summed E-state index contributed by atoms with van der Waals surface area (Å²) in [6.07, 6.45) is -0.311. The van der Waals surface area contributed by atoms with Crippen molar-refractivity contribution in [1.29, 1.82) is 0 Å². The Morgan fingerprint density at radius 1 is 1.63 bits per heavy atom. The SMILES string of the molecule is CCn1nc(C)c([N+](=O)[O-])c1N1CCOC(CO)C1. The van der Waals surface area contributed by atoms with E-state index in [4.69, 9.17) is 9.84 Å². The van der Waals surface area contributed by atoms with E-state index in [-0.39, 0.29) is 18.4 Å². The molecule has 1 N–H and O–H groups in total. The molecule has 2 heterocycles. The van der Waals surface area contributed by atoms with Crippen LogP contribution in [0.3, 0.4) is 0 Å².